The molecule has 0 fully saturated rings. The van der Waals surface area contributed by atoms with Gasteiger partial charge in [0.15, 0.2) is 0 Å². The maximum atomic E-state index is 12.9. The van der Waals surface area contributed by atoms with Gasteiger partial charge in [-0.3, -0.25) is 0 Å². The Balaban J connectivity index is 1.63. The van der Waals surface area contributed by atoms with E-state index in [0.717, 1.165) is 28.1 Å². The number of hydrogen-bond acceptors (Lipinski definition) is 6. The van der Waals surface area contributed by atoms with Gasteiger partial charge >= 0.3 is 0 Å². The molecule has 9 heteroatoms. The van der Waals surface area contributed by atoms with Crippen LogP contribution in [0.25, 0.3) is 16.9 Å². The Morgan fingerprint density at radius 2 is 1.58 bits per heavy atom. The van der Waals surface area contributed by atoms with Crippen molar-refractivity contribution in [1.82, 2.24) is 14.2 Å². The molecule has 1 unspecified atom stereocenters. The van der Waals surface area contributed by atoms with Gasteiger partial charge in [-0.25, -0.2) is 13.1 Å². The van der Waals surface area contributed by atoms with Gasteiger partial charge in [-0.1, -0.05) is 30.3 Å². The molecule has 0 amide bonds. The number of hydrogen-bond donors (Lipinski definition) is 0. The molecule has 8 nitrogen and oxygen atoms in total. The summed E-state index contributed by atoms with van der Waals surface area (Å²) in [4.78, 5) is 0. The zero-order chi connectivity index (χ0) is 25.3. The molecule has 5 rings (SSSR count). The molecule has 2 heterocycles. The number of benzene rings is 3. The van der Waals surface area contributed by atoms with E-state index in [-0.39, 0.29) is 0 Å². The van der Waals surface area contributed by atoms with Crippen LogP contribution in [-0.4, -0.2) is 48.8 Å². The minimum atomic E-state index is -3.66. The predicted molar refractivity (Wildman–Crippen MR) is 139 cm³/mol. The number of sulfonamides is 1. The van der Waals surface area contributed by atoms with Crippen LogP contribution in [-0.2, 0) is 10.0 Å². The second-order valence-electron chi connectivity index (χ2n) is 8.48. The van der Waals surface area contributed by atoms with Crippen molar-refractivity contribution in [2.24, 2.45) is 5.10 Å². The number of methoxy groups -OCH3 is 2. The lowest BCUT2D eigenvalue weighted by Crippen LogP contribution is -2.26. The van der Waals surface area contributed by atoms with Gasteiger partial charge in [0, 0.05) is 23.7 Å². The van der Waals surface area contributed by atoms with Gasteiger partial charge in [0.25, 0.3) is 0 Å². The Bertz CT molecular complexity index is 1510. The summed E-state index contributed by atoms with van der Waals surface area (Å²) < 4.78 is 39.4. The van der Waals surface area contributed by atoms with E-state index < -0.39 is 16.1 Å². The molecule has 0 saturated carbocycles. The lowest BCUT2D eigenvalue weighted by molar-refractivity contribution is 0.375. The first-order valence-electron chi connectivity index (χ1n) is 11.4. The summed E-state index contributed by atoms with van der Waals surface area (Å²) in [5.74, 6) is 1.41. The van der Waals surface area contributed by atoms with Crippen molar-refractivity contribution in [3.8, 4) is 28.4 Å². The van der Waals surface area contributed by atoms with Crippen molar-refractivity contribution in [2.45, 2.75) is 12.5 Å². The Morgan fingerprint density at radius 3 is 2.25 bits per heavy atom. The third kappa shape index (κ3) is 4.57. The lowest BCUT2D eigenvalue weighted by Gasteiger charge is -2.21. The number of rotatable bonds is 7. The minimum absolute atomic E-state index is 0.400. The number of ether oxygens (including phenoxy) is 2. The van der Waals surface area contributed by atoms with Crippen LogP contribution < -0.4 is 9.47 Å². The number of nitrogens with zero attached hydrogens (tertiary/aromatic N) is 4. The first-order valence-corrected chi connectivity index (χ1v) is 13.2. The monoisotopic (exact) mass is 502 g/mol. The van der Waals surface area contributed by atoms with Gasteiger partial charge in [-0.15, -0.1) is 0 Å². The Labute approximate surface area is 210 Å². The largest absolute Gasteiger partial charge is 0.497 e. The topological polar surface area (TPSA) is 86.0 Å². The summed E-state index contributed by atoms with van der Waals surface area (Å²) >= 11 is 0. The van der Waals surface area contributed by atoms with E-state index in [9.17, 15) is 8.42 Å². The van der Waals surface area contributed by atoms with Gasteiger partial charge < -0.3 is 9.47 Å². The van der Waals surface area contributed by atoms with Crippen molar-refractivity contribution in [3.63, 3.8) is 0 Å². The molecule has 0 spiro atoms. The fourth-order valence-electron chi connectivity index (χ4n) is 4.32. The van der Waals surface area contributed by atoms with Gasteiger partial charge in [0.05, 0.1) is 43.6 Å². The highest BCUT2D eigenvalue weighted by Gasteiger charge is 2.37. The van der Waals surface area contributed by atoms with Crippen molar-refractivity contribution < 1.29 is 17.9 Å². The molecular weight excluding hydrogens is 476 g/mol. The van der Waals surface area contributed by atoms with Crippen LogP contribution in [0.1, 0.15) is 23.6 Å². The highest BCUT2D eigenvalue weighted by atomic mass is 32.2. The molecule has 0 N–H and O–H groups in total. The molecule has 184 valence electrons. The van der Waals surface area contributed by atoms with Crippen LogP contribution in [0.5, 0.6) is 11.5 Å². The molecule has 3 aromatic carbocycles. The van der Waals surface area contributed by atoms with Crippen LogP contribution in [0.4, 0.5) is 0 Å². The van der Waals surface area contributed by atoms with E-state index in [1.54, 1.807) is 18.9 Å². The summed E-state index contributed by atoms with van der Waals surface area (Å²) in [6.07, 6.45) is 3.46. The number of hydrazone groups is 1. The minimum Gasteiger partial charge on any atom is -0.497 e. The van der Waals surface area contributed by atoms with E-state index in [0.29, 0.717) is 23.6 Å². The lowest BCUT2D eigenvalue weighted by atomic mass is 9.97. The van der Waals surface area contributed by atoms with Crippen molar-refractivity contribution >= 4 is 15.7 Å². The maximum absolute atomic E-state index is 12.9. The smallest absolute Gasteiger partial charge is 0.247 e. The van der Waals surface area contributed by atoms with Crippen LogP contribution in [0.15, 0.2) is 90.2 Å². The Morgan fingerprint density at radius 1 is 0.861 bits per heavy atom. The molecule has 36 heavy (non-hydrogen) atoms. The molecule has 1 aliphatic rings. The van der Waals surface area contributed by atoms with Crippen LogP contribution >= 0.6 is 0 Å². The van der Waals surface area contributed by atoms with E-state index in [1.807, 2.05) is 85.1 Å². The van der Waals surface area contributed by atoms with E-state index >= 15 is 0 Å². The number of aromatic nitrogens is 2. The van der Waals surface area contributed by atoms with Crippen molar-refractivity contribution in [1.29, 1.82) is 0 Å². The van der Waals surface area contributed by atoms with Gasteiger partial charge in [-0.05, 0) is 54.1 Å². The molecule has 0 saturated heterocycles. The van der Waals surface area contributed by atoms with E-state index in [2.05, 4.69) is 5.10 Å². The normalized spacial score (nSPS) is 15.6. The van der Waals surface area contributed by atoms with E-state index in [4.69, 9.17) is 14.6 Å². The average molecular weight is 503 g/mol. The van der Waals surface area contributed by atoms with Gasteiger partial charge in [-0.2, -0.15) is 14.6 Å². The quantitative estimate of drug-likeness (QED) is 0.367. The Kier molecular flexibility index (Phi) is 6.24. The average Bonchev–Trinajstić information content (AvgIpc) is 3.55. The first-order chi connectivity index (χ1) is 17.4. The highest BCUT2D eigenvalue weighted by Crippen LogP contribution is 2.40. The second kappa shape index (κ2) is 9.50. The van der Waals surface area contributed by atoms with Crippen LogP contribution in [0.3, 0.4) is 0 Å². The number of para-hydroxylation sites is 1. The zero-order valence-electron chi connectivity index (χ0n) is 20.2. The SMILES string of the molecule is COc1ccc(C2=NN(S(C)(=O)=O)C(c3cn(-c4ccccc4)nc3-c3cccc(OC)c3)C2)cc1. The zero-order valence-corrected chi connectivity index (χ0v) is 21.0. The first kappa shape index (κ1) is 23.6. The molecular formula is C27H26N4O4S. The van der Waals surface area contributed by atoms with Crippen molar-refractivity contribution in [2.75, 3.05) is 20.5 Å². The van der Waals surface area contributed by atoms with Crippen LogP contribution in [0.2, 0.25) is 0 Å². The highest BCUT2D eigenvalue weighted by molar-refractivity contribution is 7.88. The Hall–Kier alpha value is -4.11. The molecule has 1 aliphatic heterocycles. The predicted octanol–water partition coefficient (Wildman–Crippen LogP) is 4.67. The fourth-order valence-corrected chi connectivity index (χ4v) is 5.22. The summed E-state index contributed by atoms with van der Waals surface area (Å²) in [7, 11) is -0.445. The molecule has 0 aliphatic carbocycles. The summed E-state index contributed by atoms with van der Waals surface area (Å²) in [6, 6.07) is 24.2. The molecule has 0 bridgehead atoms. The van der Waals surface area contributed by atoms with Crippen molar-refractivity contribution in [3.05, 3.63) is 96.2 Å². The van der Waals surface area contributed by atoms with Gasteiger partial charge in [0.2, 0.25) is 10.0 Å². The standard InChI is InChI=1S/C27H26N4O4S/c1-34-22-14-12-19(13-15-22)25-17-26(31(28-25)36(3,32)33)24-18-30(21-9-5-4-6-10-21)29-27(24)20-8-7-11-23(16-20)35-2/h4-16,18,26H,17H2,1-3H3. The molecule has 1 aromatic heterocycles. The summed E-state index contributed by atoms with van der Waals surface area (Å²) in [5.41, 5.74) is 4.63. The van der Waals surface area contributed by atoms with Crippen LogP contribution in [0, 0.1) is 0 Å². The maximum Gasteiger partial charge on any atom is 0.247 e. The molecule has 4 aromatic rings. The van der Waals surface area contributed by atoms with E-state index in [1.165, 1.54) is 10.7 Å². The molecule has 1 atom stereocenters. The second-order valence-corrected chi connectivity index (χ2v) is 10.3. The van der Waals surface area contributed by atoms with Gasteiger partial charge in [0.1, 0.15) is 11.5 Å². The third-order valence-electron chi connectivity index (χ3n) is 6.10. The summed E-state index contributed by atoms with van der Waals surface area (Å²) in [6.45, 7) is 0. The molecule has 0 radical (unpaired) electrons. The fraction of sp³-hybridized carbons (Fsp3) is 0.185. The summed E-state index contributed by atoms with van der Waals surface area (Å²) in [5, 5.41) is 9.43. The third-order valence-corrected chi connectivity index (χ3v) is 7.12.